The van der Waals surface area contributed by atoms with Crippen LogP contribution in [0.4, 0.5) is 0 Å². The highest BCUT2D eigenvalue weighted by atomic mass is 16.7. The van der Waals surface area contributed by atoms with Gasteiger partial charge in [-0.25, -0.2) is 0 Å². The van der Waals surface area contributed by atoms with Gasteiger partial charge in [-0.15, -0.1) is 0 Å². The molecule has 0 amide bonds. The first-order valence-corrected chi connectivity index (χ1v) is 7.71. The lowest BCUT2D eigenvalue weighted by molar-refractivity contribution is -0.140. The SMILES string of the molecule is CCc1cc(O)cc(C)c1OCCCCOCC(OC)OC. The first kappa shape index (κ1) is 18.7. The van der Waals surface area contributed by atoms with E-state index in [1.54, 1.807) is 26.4 Å². The summed E-state index contributed by atoms with van der Waals surface area (Å²) in [5.74, 6) is 1.18. The van der Waals surface area contributed by atoms with Crippen molar-refractivity contribution in [3.63, 3.8) is 0 Å². The van der Waals surface area contributed by atoms with Crippen molar-refractivity contribution >= 4 is 0 Å². The van der Waals surface area contributed by atoms with Gasteiger partial charge in [0, 0.05) is 20.8 Å². The van der Waals surface area contributed by atoms with Crippen LogP contribution in [0.5, 0.6) is 11.5 Å². The largest absolute Gasteiger partial charge is 0.508 e. The molecule has 5 heteroatoms. The molecule has 1 rings (SSSR count). The van der Waals surface area contributed by atoms with Crippen molar-refractivity contribution in [3.05, 3.63) is 23.3 Å². The van der Waals surface area contributed by atoms with Crippen molar-refractivity contribution in [2.45, 2.75) is 39.4 Å². The van der Waals surface area contributed by atoms with E-state index >= 15 is 0 Å². The Morgan fingerprint density at radius 3 is 2.41 bits per heavy atom. The summed E-state index contributed by atoms with van der Waals surface area (Å²) in [5.41, 5.74) is 2.01. The number of hydrogen-bond donors (Lipinski definition) is 1. The van der Waals surface area contributed by atoms with Crippen LogP contribution in [0.2, 0.25) is 0 Å². The van der Waals surface area contributed by atoms with Gasteiger partial charge in [0.25, 0.3) is 0 Å². The summed E-state index contributed by atoms with van der Waals surface area (Å²) in [7, 11) is 3.19. The highest BCUT2D eigenvalue weighted by molar-refractivity contribution is 5.46. The van der Waals surface area contributed by atoms with Crippen LogP contribution < -0.4 is 4.74 Å². The third-order valence-corrected chi connectivity index (χ3v) is 3.43. The molecule has 0 aliphatic heterocycles. The summed E-state index contributed by atoms with van der Waals surface area (Å²) in [6.45, 7) is 5.73. The Labute approximate surface area is 133 Å². The molecule has 0 aromatic heterocycles. The normalized spacial score (nSPS) is 11.1. The van der Waals surface area contributed by atoms with E-state index in [2.05, 4.69) is 6.92 Å². The third-order valence-electron chi connectivity index (χ3n) is 3.43. The lowest BCUT2D eigenvalue weighted by Crippen LogP contribution is -2.20. The average molecular weight is 312 g/mol. The van der Waals surface area contributed by atoms with E-state index in [1.165, 1.54) is 0 Å². The Hall–Kier alpha value is -1.30. The summed E-state index contributed by atoms with van der Waals surface area (Å²) >= 11 is 0. The maximum atomic E-state index is 9.61. The minimum Gasteiger partial charge on any atom is -0.508 e. The van der Waals surface area contributed by atoms with Gasteiger partial charge in [0.15, 0.2) is 6.29 Å². The van der Waals surface area contributed by atoms with Crippen LogP contribution in [-0.2, 0) is 20.6 Å². The van der Waals surface area contributed by atoms with Gasteiger partial charge in [-0.05, 0) is 49.4 Å². The van der Waals surface area contributed by atoms with Gasteiger partial charge in [0.05, 0.1) is 13.2 Å². The zero-order valence-electron chi connectivity index (χ0n) is 14.1. The molecule has 0 bridgehead atoms. The number of phenolic OH excluding ortho intramolecular Hbond substituents is 1. The monoisotopic (exact) mass is 312 g/mol. The molecule has 1 aromatic carbocycles. The lowest BCUT2D eigenvalue weighted by Gasteiger charge is -2.15. The Balaban J connectivity index is 2.25. The Kier molecular flexibility index (Phi) is 8.89. The summed E-state index contributed by atoms with van der Waals surface area (Å²) in [5, 5.41) is 9.61. The van der Waals surface area contributed by atoms with E-state index in [-0.39, 0.29) is 6.29 Å². The van der Waals surface area contributed by atoms with Crippen LogP contribution in [0.15, 0.2) is 12.1 Å². The predicted octanol–water partition coefficient (Wildman–Crippen LogP) is 3.06. The molecule has 0 unspecified atom stereocenters. The molecule has 0 aliphatic rings. The molecule has 5 nitrogen and oxygen atoms in total. The second kappa shape index (κ2) is 10.4. The molecule has 0 saturated heterocycles. The second-order valence-electron chi connectivity index (χ2n) is 5.14. The smallest absolute Gasteiger partial charge is 0.180 e. The fraction of sp³-hybridized carbons (Fsp3) is 0.647. The predicted molar refractivity (Wildman–Crippen MR) is 85.6 cm³/mol. The number of methoxy groups -OCH3 is 2. The van der Waals surface area contributed by atoms with Crippen LogP contribution in [0.1, 0.15) is 30.9 Å². The molecule has 0 atom stereocenters. The molecular formula is C17H28O5. The number of benzene rings is 1. The average Bonchev–Trinajstić information content (AvgIpc) is 2.51. The van der Waals surface area contributed by atoms with Crippen molar-refractivity contribution < 1.29 is 24.1 Å². The fourth-order valence-electron chi connectivity index (χ4n) is 2.19. The van der Waals surface area contributed by atoms with Gasteiger partial charge >= 0.3 is 0 Å². The van der Waals surface area contributed by atoms with Crippen molar-refractivity contribution in [2.24, 2.45) is 0 Å². The molecule has 126 valence electrons. The number of rotatable bonds is 11. The van der Waals surface area contributed by atoms with Gasteiger partial charge in [0.2, 0.25) is 0 Å². The maximum absolute atomic E-state index is 9.61. The highest BCUT2D eigenvalue weighted by Gasteiger charge is 2.08. The molecule has 22 heavy (non-hydrogen) atoms. The number of unbranched alkanes of at least 4 members (excludes halogenated alkanes) is 1. The van der Waals surface area contributed by atoms with Crippen LogP contribution in [-0.4, -0.2) is 45.4 Å². The minimum atomic E-state index is -0.303. The van der Waals surface area contributed by atoms with E-state index in [0.29, 0.717) is 25.6 Å². The number of phenols is 1. The van der Waals surface area contributed by atoms with Crippen LogP contribution in [0, 0.1) is 6.92 Å². The first-order chi connectivity index (χ1) is 10.6. The van der Waals surface area contributed by atoms with E-state index < -0.39 is 0 Å². The van der Waals surface area contributed by atoms with E-state index in [1.807, 2.05) is 6.92 Å². The quantitative estimate of drug-likeness (QED) is 0.503. The molecule has 0 radical (unpaired) electrons. The van der Waals surface area contributed by atoms with E-state index in [4.69, 9.17) is 18.9 Å². The number of hydrogen-bond acceptors (Lipinski definition) is 5. The Bertz CT molecular complexity index is 429. The van der Waals surface area contributed by atoms with Crippen LogP contribution in [0.25, 0.3) is 0 Å². The Morgan fingerprint density at radius 2 is 1.77 bits per heavy atom. The molecule has 0 saturated carbocycles. The second-order valence-corrected chi connectivity index (χ2v) is 5.14. The van der Waals surface area contributed by atoms with Crippen LogP contribution in [0.3, 0.4) is 0 Å². The maximum Gasteiger partial charge on any atom is 0.180 e. The van der Waals surface area contributed by atoms with Gasteiger partial charge in [-0.1, -0.05) is 6.92 Å². The standard InChI is InChI=1S/C17H28O5/c1-5-14-11-15(18)10-13(2)17(14)22-9-7-6-8-21-12-16(19-3)20-4/h10-11,16,18H,5-9,12H2,1-4H3. The number of aromatic hydroxyl groups is 1. The van der Waals surface area contributed by atoms with Crippen molar-refractivity contribution in [3.8, 4) is 11.5 Å². The Morgan fingerprint density at radius 1 is 1.09 bits per heavy atom. The fourth-order valence-corrected chi connectivity index (χ4v) is 2.19. The van der Waals surface area contributed by atoms with Crippen molar-refractivity contribution in [1.29, 1.82) is 0 Å². The summed E-state index contributed by atoms with van der Waals surface area (Å²) in [6.07, 6.45) is 2.36. The van der Waals surface area contributed by atoms with Crippen molar-refractivity contribution in [2.75, 3.05) is 34.0 Å². The molecule has 0 fully saturated rings. The van der Waals surface area contributed by atoms with Gasteiger partial charge in [-0.3, -0.25) is 0 Å². The van der Waals surface area contributed by atoms with Crippen LogP contribution >= 0.6 is 0 Å². The van der Waals surface area contributed by atoms with E-state index in [9.17, 15) is 5.11 Å². The van der Waals surface area contributed by atoms with Gasteiger partial charge < -0.3 is 24.1 Å². The molecule has 1 aromatic rings. The molecular weight excluding hydrogens is 284 g/mol. The van der Waals surface area contributed by atoms with Crippen molar-refractivity contribution in [1.82, 2.24) is 0 Å². The third kappa shape index (κ3) is 6.22. The molecule has 0 heterocycles. The zero-order chi connectivity index (χ0) is 16.4. The summed E-state index contributed by atoms with van der Waals surface area (Å²) in [6, 6.07) is 3.49. The minimum absolute atomic E-state index is 0.293. The molecule has 0 aliphatic carbocycles. The topological polar surface area (TPSA) is 57.2 Å². The highest BCUT2D eigenvalue weighted by Crippen LogP contribution is 2.29. The first-order valence-electron chi connectivity index (χ1n) is 7.71. The summed E-state index contributed by atoms with van der Waals surface area (Å²) in [4.78, 5) is 0. The van der Waals surface area contributed by atoms with Gasteiger partial charge in [-0.2, -0.15) is 0 Å². The molecule has 1 N–H and O–H groups in total. The summed E-state index contributed by atoms with van der Waals surface area (Å²) < 4.78 is 21.4. The number of ether oxygens (including phenoxy) is 4. The zero-order valence-corrected chi connectivity index (χ0v) is 14.1. The lowest BCUT2D eigenvalue weighted by atomic mass is 10.1. The van der Waals surface area contributed by atoms with Gasteiger partial charge in [0.1, 0.15) is 11.5 Å². The molecule has 0 spiro atoms. The number of aryl methyl sites for hydroxylation is 2. The van der Waals surface area contributed by atoms with E-state index in [0.717, 1.165) is 36.1 Å².